The van der Waals surface area contributed by atoms with Gasteiger partial charge < -0.3 is 5.73 Å². The summed E-state index contributed by atoms with van der Waals surface area (Å²) in [6, 6.07) is 14.2. The van der Waals surface area contributed by atoms with E-state index in [9.17, 15) is 0 Å². The zero-order valence-corrected chi connectivity index (χ0v) is 12.9. The Morgan fingerprint density at radius 2 is 1.83 bits per heavy atom. The van der Waals surface area contributed by atoms with Crippen LogP contribution in [-0.4, -0.2) is 6.54 Å². The molecule has 0 aliphatic heterocycles. The van der Waals surface area contributed by atoms with Crippen LogP contribution in [0, 0.1) is 0 Å². The molecule has 2 N–H and O–H groups in total. The summed E-state index contributed by atoms with van der Waals surface area (Å²) in [6.07, 6.45) is 0.804. The molecule has 0 heterocycles. The molecule has 0 fully saturated rings. The molecule has 0 amide bonds. The van der Waals surface area contributed by atoms with E-state index in [1.807, 2.05) is 24.3 Å². The Kier molecular flexibility index (Phi) is 5.13. The molecule has 0 radical (unpaired) electrons. The first-order valence-corrected chi connectivity index (χ1v) is 7.60. The van der Waals surface area contributed by atoms with E-state index in [0.29, 0.717) is 6.54 Å². The molecule has 18 heavy (non-hydrogen) atoms. The van der Waals surface area contributed by atoms with Crippen molar-refractivity contribution >= 4 is 39.3 Å². The molecular weight excluding hydrogens is 330 g/mol. The van der Waals surface area contributed by atoms with Crippen molar-refractivity contribution in [3.05, 3.63) is 57.5 Å². The minimum atomic E-state index is 0.609. The maximum Gasteiger partial charge on any atom is 0.0449 e. The molecule has 0 bridgehead atoms. The van der Waals surface area contributed by atoms with Crippen LogP contribution < -0.4 is 5.73 Å². The van der Waals surface area contributed by atoms with Crippen LogP contribution in [-0.2, 0) is 6.42 Å². The van der Waals surface area contributed by atoms with Gasteiger partial charge in [0.2, 0.25) is 0 Å². The third-order valence-electron chi connectivity index (χ3n) is 2.51. The molecule has 2 aromatic rings. The molecular formula is C14H13BrClNS. The molecule has 2 rings (SSSR count). The third-order valence-corrected chi connectivity index (χ3v) is 4.50. The summed E-state index contributed by atoms with van der Waals surface area (Å²) >= 11 is 11.4. The van der Waals surface area contributed by atoms with Gasteiger partial charge in [0.15, 0.2) is 0 Å². The molecule has 1 nitrogen and oxygen atoms in total. The summed E-state index contributed by atoms with van der Waals surface area (Å²) in [4.78, 5) is 2.37. The molecule has 0 unspecified atom stereocenters. The average molecular weight is 343 g/mol. The Balaban J connectivity index is 2.28. The summed E-state index contributed by atoms with van der Waals surface area (Å²) in [6.45, 7) is 0.609. The molecule has 0 saturated carbocycles. The lowest BCUT2D eigenvalue weighted by Crippen LogP contribution is -2.04. The van der Waals surface area contributed by atoms with E-state index >= 15 is 0 Å². The molecule has 0 spiro atoms. The first kappa shape index (κ1) is 13.9. The quantitative estimate of drug-likeness (QED) is 0.867. The van der Waals surface area contributed by atoms with Crippen molar-refractivity contribution in [2.45, 2.75) is 16.2 Å². The highest BCUT2D eigenvalue weighted by atomic mass is 79.9. The fraction of sp³-hybridized carbons (Fsp3) is 0.143. The second-order valence-corrected chi connectivity index (χ2v) is 6.25. The van der Waals surface area contributed by atoms with Gasteiger partial charge in [-0.2, -0.15) is 0 Å². The molecule has 0 aromatic heterocycles. The Morgan fingerprint density at radius 1 is 1.11 bits per heavy atom. The van der Waals surface area contributed by atoms with Crippen LogP contribution in [0.4, 0.5) is 0 Å². The molecule has 94 valence electrons. The number of benzene rings is 2. The number of hydrogen-bond donors (Lipinski definition) is 1. The normalized spacial score (nSPS) is 10.6. The van der Waals surface area contributed by atoms with E-state index in [-0.39, 0.29) is 0 Å². The van der Waals surface area contributed by atoms with Crippen molar-refractivity contribution < 1.29 is 0 Å². The van der Waals surface area contributed by atoms with Crippen LogP contribution >= 0.6 is 39.3 Å². The summed E-state index contributed by atoms with van der Waals surface area (Å²) in [5.41, 5.74) is 6.77. The Bertz CT molecular complexity index is 528. The maximum absolute atomic E-state index is 6.22. The minimum absolute atomic E-state index is 0.609. The predicted octanol–water partition coefficient (Wildman–Crippen LogP) is 4.75. The maximum atomic E-state index is 6.22. The lowest BCUT2D eigenvalue weighted by Gasteiger charge is -2.10. The van der Waals surface area contributed by atoms with Crippen LogP contribution in [0.3, 0.4) is 0 Å². The number of halogens is 2. The summed E-state index contributed by atoms with van der Waals surface area (Å²) < 4.78 is 1.08. The molecule has 0 aliphatic carbocycles. The van der Waals surface area contributed by atoms with E-state index < -0.39 is 0 Å². The van der Waals surface area contributed by atoms with Crippen LogP contribution in [0.2, 0.25) is 5.02 Å². The highest BCUT2D eigenvalue weighted by molar-refractivity contribution is 9.10. The van der Waals surface area contributed by atoms with Gasteiger partial charge in [0.25, 0.3) is 0 Å². The number of nitrogens with two attached hydrogens (primary N) is 1. The standard InChI is InChI=1S/C14H13BrClNS/c15-10-4-6-11(7-5-10)18-14-3-1-2-13(16)12(14)8-9-17/h1-7H,8-9,17H2. The van der Waals surface area contributed by atoms with Crippen LogP contribution in [0.5, 0.6) is 0 Å². The van der Waals surface area contributed by atoms with Crippen LogP contribution in [0.1, 0.15) is 5.56 Å². The molecule has 0 atom stereocenters. The Hall–Kier alpha value is -0.480. The monoisotopic (exact) mass is 341 g/mol. The van der Waals surface area contributed by atoms with Crippen molar-refractivity contribution in [3.8, 4) is 0 Å². The zero-order chi connectivity index (χ0) is 13.0. The topological polar surface area (TPSA) is 26.0 Å². The lowest BCUT2D eigenvalue weighted by molar-refractivity contribution is 0.944. The van der Waals surface area contributed by atoms with Gasteiger partial charge in [0, 0.05) is 19.3 Å². The fourth-order valence-corrected chi connectivity index (χ4v) is 3.25. The van der Waals surface area contributed by atoms with E-state index in [0.717, 1.165) is 21.5 Å². The number of rotatable bonds is 4. The summed E-state index contributed by atoms with van der Waals surface area (Å²) in [7, 11) is 0. The van der Waals surface area contributed by atoms with Gasteiger partial charge in [0.05, 0.1) is 0 Å². The van der Waals surface area contributed by atoms with Crippen LogP contribution in [0.15, 0.2) is 56.7 Å². The first-order valence-electron chi connectivity index (χ1n) is 5.61. The molecule has 0 saturated heterocycles. The lowest BCUT2D eigenvalue weighted by atomic mass is 10.1. The second-order valence-electron chi connectivity index (χ2n) is 3.81. The zero-order valence-electron chi connectivity index (χ0n) is 9.70. The van der Waals surface area contributed by atoms with Crippen molar-refractivity contribution in [1.29, 1.82) is 0 Å². The molecule has 4 heteroatoms. The van der Waals surface area contributed by atoms with Crippen molar-refractivity contribution in [2.24, 2.45) is 5.73 Å². The fourth-order valence-electron chi connectivity index (χ4n) is 1.65. The largest absolute Gasteiger partial charge is 0.330 e. The minimum Gasteiger partial charge on any atom is -0.330 e. The Labute approximate surface area is 125 Å². The van der Waals surface area contributed by atoms with Crippen LogP contribution in [0.25, 0.3) is 0 Å². The van der Waals surface area contributed by atoms with Gasteiger partial charge >= 0.3 is 0 Å². The first-order chi connectivity index (χ1) is 8.70. The van der Waals surface area contributed by atoms with Crippen molar-refractivity contribution in [1.82, 2.24) is 0 Å². The van der Waals surface area contributed by atoms with Gasteiger partial charge in [-0.1, -0.05) is 45.4 Å². The predicted molar refractivity (Wildman–Crippen MR) is 82.5 cm³/mol. The van der Waals surface area contributed by atoms with Crippen molar-refractivity contribution in [3.63, 3.8) is 0 Å². The second kappa shape index (κ2) is 6.62. The van der Waals surface area contributed by atoms with Gasteiger partial charge in [-0.25, -0.2) is 0 Å². The van der Waals surface area contributed by atoms with E-state index in [2.05, 4.69) is 34.1 Å². The highest BCUT2D eigenvalue weighted by Crippen LogP contribution is 2.34. The summed E-state index contributed by atoms with van der Waals surface area (Å²) in [5.74, 6) is 0. The van der Waals surface area contributed by atoms with Gasteiger partial charge in [-0.05, 0) is 54.9 Å². The van der Waals surface area contributed by atoms with E-state index in [1.165, 1.54) is 9.79 Å². The van der Waals surface area contributed by atoms with Gasteiger partial charge in [-0.3, -0.25) is 0 Å². The van der Waals surface area contributed by atoms with Gasteiger partial charge in [0.1, 0.15) is 0 Å². The number of hydrogen-bond acceptors (Lipinski definition) is 2. The SMILES string of the molecule is NCCc1c(Cl)cccc1Sc1ccc(Br)cc1. The smallest absolute Gasteiger partial charge is 0.0449 e. The molecule has 2 aromatic carbocycles. The summed E-state index contributed by atoms with van der Waals surface area (Å²) in [5, 5.41) is 0.794. The van der Waals surface area contributed by atoms with E-state index in [4.69, 9.17) is 17.3 Å². The molecule has 0 aliphatic rings. The highest BCUT2D eigenvalue weighted by Gasteiger charge is 2.07. The Morgan fingerprint density at radius 3 is 2.50 bits per heavy atom. The van der Waals surface area contributed by atoms with Gasteiger partial charge in [-0.15, -0.1) is 0 Å². The third kappa shape index (κ3) is 3.51. The van der Waals surface area contributed by atoms with E-state index in [1.54, 1.807) is 11.8 Å². The van der Waals surface area contributed by atoms with Crippen molar-refractivity contribution in [2.75, 3.05) is 6.54 Å². The average Bonchev–Trinajstić information content (AvgIpc) is 2.36.